The average molecular weight is 137 g/mol. The Morgan fingerprint density at radius 1 is 1.60 bits per heavy atom. The van der Waals surface area contributed by atoms with Gasteiger partial charge >= 0.3 is 0 Å². The van der Waals surface area contributed by atoms with Crippen molar-refractivity contribution in [2.75, 3.05) is 7.11 Å². The second kappa shape index (κ2) is 2.91. The molecule has 1 N–H and O–H groups in total. The Balaban J connectivity index is 2.85. The molecule has 1 aromatic rings. The highest BCUT2D eigenvalue weighted by Gasteiger charge is 1.98. The molecule has 0 aromatic carbocycles. The molecule has 0 aliphatic rings. The van der Waals surface area contributed by atoms with Crippen molar-refractivity contribution in [1.29, 1.82) is 5.41 Å². The molecule has 1 heterocycles. The highest BCUT2D eigenvalue weighted by atomic mass is 16.5. The third-order valence-electron chi connectivity index (χ3n) is 1.000. The summed E-state index contributed by atoms with van der Waals surface area (Å²) in [5, 5.41) is 7.15. The summed E-state index contributed by atoms with van der Waals surface area (Å²) in [5.74, 6) is 0.0353. The van der Waals surface area contributed by atoms with Crippen LogP contribution in [-0.2, 0) is 4.74 Å². The van der Waals surface area contributed by atoms with Crippen molar-refractivity contribution in [2.45, 2.75) is 0 Å². The van der Waals surface area contributed by atoms with Crippen LogP contribution in [-0.4, -0.2) is 23.0 Å². The fourth-order valence-corrected chi connectivity index (χ4v) is 0.521. The molecule has 0 saturated heterocycles. The van der Waals surface area contributed by atoms with Crippen LogP contribution in [0.1, 0.15) is 5.69 Å². The summed E-state index contributed by atoms with van der Waals surface area (Å²) in [7, 11) is 1.43. The zero-order chi connectivity index (χ0) is 7.40. The highest BCUT2D eigenvalue weighted by molar-refractivity contribution is 5.88. The van der Waals surface area contributed by atoms with Crippen molar-refractivity contribution < 1.29 is 4.74 Å². The Morgan fingerprint density at radius 3 is 2.90 bits per heavy atom. The van der Waals surface area contributed by atoms with Crippen LogP contribution in [0.3, 0.4) is 0 Å². The summed E-state index contributed by atoms with van der Waals surface area (Å²) < 4.78 is 4.62. The van der Waals surface area contributed by atoms with Crippen molar-refractivity contribution in [1.82, 2.24) is 9.97 Å². The van der Waals surface area contributed by atoms with E-state index in [0.717, 1.165) is 0 Å². The average Bonchev–Trinajstić information content (AvgIpc) is 2.05. The summed E-state index contributed by atoms with van der Waals surface area (Å²) in [6.45, 7) is 0. The number of methoxy groups -OCH3 is 1. The standard InChI is InChI=1S/C6H7N3O/c1-10-6(7)5-4-8-2-3-9-5/h2-4,7H,1H3. The molecule has 1 rings (SSSR count). The topological polar surface area (TPSA) is 58.9 Å². The van der Waals surface area contributed by atoms with Crippen LogP contribution in [0.2, 0.25) is 0 Å². The van der Waals surface area contributed by atoms with E-state index < -0.39 is 0 Å². The van der Waals surface area contributed by atoms with E-state index in [-0.39, 0.29) is 5.90 Å². The molecule has 52 valence electrons. The van der Waals surface area contributed by atoms with Crippen LogP contribution >= 0.6 is 0 Å². The minimum absolute atomic E-state index is 0.0353. The van der Waals surface area contributed by atoms with Crippen molar-refractivity contribution in [2.24, 2.45) is 0 Å². The third kappa shape index (κ3) is 1.28. The molecule has 0 unspecified atom stereocenters. The van der Waals surface area contributed by atoms with E-state index in [1.807, 2.05) is 0 Å². The molecule has 0 fully saturated rings. The maximum Gasteiger partial charge on any atom is 0.233 e. The van der Waals surface area contributed by atoms with Crippen LogP contribution in [0, 0.1) is 5.41 Å². The molecular weight excluding hydrogens is 130 g/mol. The second-order valence-corrected chi connectivity index (χ2v) is 1.62. The Morgan fingerprint density at radius 2 is 2.40 bits per heavy atom. The van der Waals surface area contributed by atoms with Crippen LogP contribution in [0.25, 0.3) is 0 Å². The van der Waals surface area contributed by atoms with Gasteiger partial charge in [-0.15, -0.1) is 0 Å². The largest absolute Gasteiger partial charge is 0.480 e. The molecule has 0 radical (unpaired) electrons. The summed E-state index contributed by atoms with van der Waals surface area (Å²) in [4.78, 5) is 7.61. The van der Waals surface area contributed by atoms with Crippen molar-refractivity contribution in [3.05, 3.63) is 24.3 Å². The first-order valence-corrected chi connectivity index (χ1v) is 2.73. The van der Waals surface area contributed by atoms with Gasteiger partial charge in [-0.1, -0.05) is 0 Å². The first kappa shape index (κ1) is 6.67. The minimum Gasteiger partial charge on any atom is -0.480 e. The number of ether oxygens (including phenoxy) is 1. The zero-order valence-electron chi connectivity index (χ0n) is 5.53. The van der Waals surface area contributed by atoms with Crippen molar-refractivity contribution in [3.8, 4) is 0 Å². The van der Waals surface area contributed by atoms with Gasteiger partial charge in [0.15, 0.2) is 0 Å². The van der Waals surface area contributed by atoms with Gasteiger partial charge in [-0.05, 0) is 0 Å². The number of nitrogens with zero attached hydrogens (tertiary/aromatic N) is 2. The monoisotopic (exact) mass is 137 g/mol. The highest BCUT2D eigenvalue weighted by Crippen LogP contribution is 1.90. The maximum absolute atomic E-state index is 7.15. The molecular formula is C6H7N3O. The fraction of sp³-hybridized carbons (Fsp3) is 0.167. The molecule has 0 atom stereocenters. The van der Waals surface area contributed by atoms with Crippen LogP contribution in [0.5, 0.6) is 0 Å². The first-order chi connectivity index (χ1) is 4.84. The Labute approximate surface area is 58.4 Å². The van der Waals surface area contributed by atoms with Crippen molar-refractivity contribution >= 4 is 5.90 Å². The Kier molecular flexibility index (Phi) is 1.94. The zero-order valence-corrected chi connectivity index (χ0v) is 5.53. The van der Waals surface area contributed by atoms with Gasteiger partial charge in [0.05, 0.1) is 13.3 Å². The summed E-state index contributed by atoms with van der Waals surface area (Å²) in [6.07, 6.45) is 4.54. The van der Waals surface area contributed by atoms with E-state index in [1.165, 1.54) is 19.5 Å². The quantitative estimate of drug-likeness (QED) is 0.451. The summed E-state index contributed by atoms with van der Waals surface area (Å²) in [5.41, 5.74) is 0.449. The van der Waals surface area contributed by atoms with Crippen LogP contribution in [0.15, 0.2) is 18.6 Å². The number of nitrogens with one attached hydrogen (secondary N) is 1. The smallest absolute Gasteiger partial charge is 0.233 e. The van der Waals surface area contributed by atoms with E-state index >= 15 is 0 Å². The van der Waals surface area contributed by atoms with Gasteiger partial charge in [0.2, 0.25) is 5.90 Å². The van der Waals surface area contributed by atoms with Gasteiger partial charge in [0.25, 0.3) is 0 Å². The molecule has 0 spiro atoms. The van der Waals surface area contributed by atoms with E-state index in [9.17, 15) is 0 Å². The van der Waals surface area contributed by atoms with E-state index in [2.05, 4.69) is 14.7 Å². The minimum atomic E-state index is 0.0353. The lowest BCUT2D eigenvalue weighted by Crippen LogP contribution is -2.03. The summed E-state index contributed by atoms with van der Waals surface area (Å²) >= 11 is 0. The fourth-order valence-electron chi connectivity index (χ4n) is 0.521. The van der Waals surface area contributed by atoms with Gasteiger partial charge in [-0.3, -0.25) is 10.4 Å². The van der Waals surface area contributed by atoms with Gasteiger partial charge in [-0.25, -0.2) is 4.98 Å². The molecule has 4 nitrogen and oxygen atoms in total. The van der Waals surface area contributed by atoms with Gasteiger partial charge in [-0.2, -0.15) is 0 Å². The molecule has 4 heteroatoms. The lowest BCUT2D eigenvalue weighted by molar-refractivity contribution is 0.399. The predicted molar refractivity (Wildman–Crippen MR) is 35.9 cm³/mol. The SMILES string of the molecule is COC(=N)c1cnccn1. The number of aromatic nitrogens is 2. The van der Waals surface area contributed by atoms with Crippen LogP contribution < -0.4 is 0 Å². The molecule has 0 aliphatic carbocycles. The normalized spacial score (nSPS) is 8.90. The van der Waals surface area contributed by atoms with Gasteiger partial charge < -0.3 is 4.74 Å². The van der Waals surface area contributed by atoms with Crippen LogP contribution in [0.4, 0.5) is 0 Å². The Bertz CT molecular complexity index is 222. The molecule has 10 heavy (non-hydrogen) atoms. The number of hydrogen-bond acceptors (Lipinski definition) is 4. The van der Waals surface area contributed by atoms with E-state index in [4.69, 9.17) is 5.41 Å². The first-order valence-electron chi connectivity index (χ1n) is 2.73. The van der Waals surface area contributed by atoms with Gasteiger partial charge in [0.1, 0.15) is 5.69 Å². The number of rotatable bonds is 1. The molecule has 0 saturated carbocycles. The van der Waals surface area contributed by atoms with Crippen molar-refractivity contribution in [3.63, 3.8) is 0 Å². The van der Waals surface area contributed by atoms with E-state index in [0.29, 0.717) is 5.69 Å². The lowest BCUT2D eigenvalue weighted by atomic mass is 10.4. The molecule has 0 bridgehead atoms. The number of hydrogen-bond donors (Lipinski definition) is 1. The Hall–Kier alpha value is -1.45. The lowest BCUT2D eigenvalue weighted by Gasteiger charge is -1.97. The molecule has 0 amide bonds. The van der Waals surface area contributed by atoms with Gasteiger partial charge in [0, 0.05) is 12.4 Å². The summed E-state index contributed by atoms with van der Waals surface area (Å²) in [6, 6.07) is 0. The second-order valence-electron chi connectivity index (χ2n) is 1.62. The molecule has 1 aromatic heterocycles. The van der Waals surface area contributed by atoms with E-state index in [1.54, 1.807) is 6.20 Å². The predicted octanol–water partition coefficient (Wildman–Crippen LogP) is 0.448. The maximum atomic E-state index is 7.15. The third-order valence-corrected chi connectivity index (χ3v) is 1.000. The molecule has 0 aliphatic heterocycles.